The van der Waals surface area contributed by atoms with Crippen LogP contribution in [-0.4, -0.2) is 15.2 Å². The largest absolute Gasteiger partial charge is 0.398 e. The lowest BCUT2D eigenvalue weighted by Gasteiger charge is -2.10. The number of hydrogen-bond donors (Lipinski definition) is 2. The molecule has 100 valence electrons. The summed E-state index contributed by atoms with van der Waals surface area (Å²) < 4.78 is 0.905. The Bertz CT molecular complexity index is 745. The van der Waals surface area contributed by atoms with Crippen molar-refractivity contribution in [2.24, 2.45) is 0 Å². The van der Waals surface area contributed by atoms with E-state index in [1.54, 1.807) is 12.4 Å². The quantitative estimate of drug-likeness (QED) is 0.722. The fraction of sp³-hybridized carbons (Fsp3) is 0.0714. The van der Waals surface area contributed by atoms with Gasteiger partial charge in [0.2, 0.25) is 0 Å². The molecule has 3 N–H and O–H groups in total. The third kappa shape index (κ3) is 2.55. The minimum atomic E-state index is 0.588. The van der Waals surface area contributed by atoms with Crippen molar-refractivity contribution >= 4 is 38.2 Å². The van der Waals surface area contributed by atoms with Gasteiger partial charge in [-0.15, -0.1) is 0 Å². The van der Waals surface area contributed by atoms with Gasteiger partial charge in [0.1, 0.15) is 0 Å². The van der Waals surface area contributed by atoms with Crippen molar-refractivity contribution in [2.75, 3.05) is 11.1 Å². The predicted molar refractivity (Wildman–Crippen MR) is 83.2 cm³/mol. The predicted octanol–water partition coefficient (Wildman–Crippen LogP) is 2.98. The van der Waals surface area contributed by atoms with Gasteiger partial charge in [-0.3, -0.25) is 4.98 Å². The van der Waals surface area contributed by atoms with Crippen LogP contribution in [0.1, 0.15) is 5.69 Å². The summed E-state index contributed by atoms with van der Waals surface area (Å²) in [5.74, 6) is 0. The molecule has 0 fully saturated rings. The van der Waals surface area contributed by atoms with E-state index in [9.17, 15) is 0 Å². The third-order valence-electron chi connectivity index (χ3n) is 2.94. The Morgan fingerprint density at radius 1 is 1.25 bits per heavy atom. The number of nitrogens with two attached hydrogens (primary N) is 1. The molecule has 3 aromatic rings. The summed E-state index contributed by atoms with van der Waals surface area (Å²) in [5.41, 5.74) is 9.34. The molecule has 0 saturated carbocycles. The molecule has 0 bridgehead atoms. The number of fused-ring (bicyclic) bond motifs is 1. The highest BCUT2D eigenvalue weighted by Gasteiger charge is 2.06. The summed E-state index contributed by atoms with van der Waals surface area (Å²) in [6.45, 7) is 0.588. The number of pyridine rings is 1. The Morgan fingerprint density at radius 3 is 2.95 bits per heavy atom. The van der Waals surface area contributed by atoms with Gasteiger partial charge in [0, 0.05) is 27.9 Å². The number of nitrogens with one attached hydrogen (secondary N) is 1. The van der Waals surface area contributed by atoms with E-state index in [2.05, 4.69) is 36.4 Å². The molecule has 0 aliphatic heterocycles. The second-order valence-electron chi connectivity index (χ2n) is 4.32. The first-order valence-corrected chi connectivity index (χ1v) is 6.87. The Labute approximate surface area is 124 Å². The second kappa shape index (κ2) is 5.42. The number of anilines is 2. The second-order valence-corrected chi connectivity index (χ2v) is 5.24. The SMILES string of the molecule is Nc1ccc(NCc2cccnn2)c2ncc(Br)cc12. The van der Waals surface area contributed by atoms with Gasteiger partial charge in [0.25, 0.3) is 0 Å². The normalized spacial score (nSPS) is 10.7. The average Bonchev–Trinajstić information content (AvgIpc) is 2.48. The van der Waals surface area contributed by atoms with Crippen LogP contribution >= 0.6 is 15.9 Å². The molecule has 2 heterocycles. The van der Waals surface area contributed by atoms with E-state index in [-0.39, 0.29) is 0 Å². The number of hydrogen-bond acceptors (Lipinski definition) is 5. The van der Waals surface area contributed by atoms with E-state index in [1.807, 2.05) is 30.3 Å². The van der Waals surface area contributed by atoms with Crippen LogP contribution in [0.4, 0.5) is 11.4 Å². The van der Waals surface area contributed by atoms with E-state index in [0.29, 0.717) is 12.2 Å². The molecule has 0 unspecified atom stereocenters. The van der Waals surface area contributed by atoms with Crippen LogP contribution < -0.4 is 11.1 Å². The summed E-state index contributed by atoms with van der Waals surface area (Å²) in [6.07, 6.45) is 3.41. The maximum atomic E-state index is 5.99. The summed E-state index contributed by atoms with van der Waals surface area (Å²) >= 11 is 3.41. The summed E-state index contributed by atoms with van der Waals surface area (Å²) in [4.78, 5) is 4.43. The molecule has 0 aliphatic rings. The number of nitrogen functional groups attached to an aromatic ring is 1. The van der Waals surface area contributed by atoms with E-state index in [0.717, 1.165) is 26.8 Å². The summed E-state index contributed by atoms with van der Waals surface area (Å²) in [7, 11) is 0. The molecule has 20 heavy (non-hydrogen) atoms. The first kappa shape index (κ1) is 12.8. The van der Waals surface area contributed by atoms with Crippen LogP contribution in [0.2, 0.25) is 0 Å². The molecule has 3 rings (SSSR count). The van der Waals surface area contributed by atoms with Crippen LogP contribution in [0, 0.1) is 0 Å². The van der Waals surface area contributed by atoms with Gasteiger partial charge in [-0.05, 0) is 46.3 Å². The average molecular weight is 330 g/mol. The Hall–Kier alpha value is -2.21. The fourth-order valence-electron chi connectivity index (χ4n) is 1.97. The Balaban J connectivity index is 1.94. The minimum absolute atomic E-state index is 0.588. The Morgan fingerprint density at radius 2 is 2.15 bits per heavy atom. The van der Waals surface area contributed by atoms with E-state index in [4.69, 9.17) is 5.73 Å². The highest BCUT2D eigenvalue weighted by molar-refractivity contribution is 9.10. The van der Waals surface area contributed by atoms with Crippen molar-refractivity contribution in [1.82, 2.24) is 15.2 Å². The van der Waals surface area contributed by atoms with Crippen molar-refractivity contribution in [3.05, 3.63) is 52.9 Å². The van der Waals surface area contributed by atoms with Crippen molar-refractivity contribution in [3.63, 3.8) is 0 Å². The van der Waals surface area contributed by atoms with Crippen molar-refractivity contribution in [1.29, 1.82) is 0 Å². The van der Waals surface area contributed by atoms with Crippen molar-refractivity contribution in [3.8, 4) is 0 Å². The lowest BCUT2D eigenvalue weighted by Crippen LogP contribution is -2.03. The zero-order valence-corrected chi connectivity index (χ0v) is 12.1. The molecule has 1 aromatic carbocycles. The molecule has 6 heteroatoms. The summed E-state index contributed by atoms with van der Waals surface area (Å²) in [5, 5.41) is 12.1. The first-order valence-electron chi connectivity index (χ1n) is 6.08. The number of halogens is 1. The maximum Gasteiger partial charge on any atom is 0.0954 e. The van der Waals surface area contributed by atoms with Crippen molar-refractivity contribution < 1.29 is 0 Å². The smallest absolute Gasteiger partial charge is 0.0954 e. The molecule has 0 saturated heterocycles. The molecule has 0 spiro atoms. The Kier molecular flexibility index (Phi) is 3.47. The van der Waals surface area contributed by atoms with Gasteiger partial charge in [-0.2, -0.15) is 10.2 Å². The highest BCUT2D eigenvalue weighted by atomic mass is 79.9. The van der Waals surface area contributed by atoms with Gasteiger partial charge < -0.3 is 11.1 Å². The van der Waals surface area contributed by atoms with Crippen LogP contribution in [-0.2, 0) is 6.54 Å². The zero-order valence-electron chi connectivity index (χ0n) is 10.5. The lowest BCUT2D eigenvalue weighted by molar-refractivity contribution is 0.925. The number of aromatic nitrogens is 3. The van der Waals surface area contributed by atoms with Gasteiger partial charge in [-0.25, -0.2) is 0 Å². The van der Waals surface area contributed by atoms with Crippen molar-refractivity contribution in [2.45, 2.75) is 6.54 Å². The first-order chi connectivity index (χ1) is 9.74. The van der Waals surface area contributed by atoms with Gasteiger partial charge in [0.05, 0.1) is 23.4 Å². The standard InChI is InChI=1S/C14H12BrN5/c15-9-6-11-12(16)3-4-13(14(11)18-7-9)17-8-10-2-1-5-19-20-10/h1-7,17H,8,16H2. The molecule has 0 atom stereocenters. The molecule has 0 radical (unpaired) electrons. The fourth-order valence-corrected chi connectivity index (χ4v) is 2.30. The highest BCUT2D eigenvalue weighted by Crippen LogP contribution is 2.28. The van der Waals surface area contributed by atoms with Crippen LogP contribution in [0.25, 0.3) is 10.9 Å². The van der Waals surface area contributed by atoms with Crippen LogP contribution in [0.3, 0.4) is 0 Å². The van der Waals surface area contributed by atoms with Gasteiger partial charge >= 0.3 is 0 Å². The zero-order chi connectivity index (χ0) is 13.9. The van der Waals surface area contributed by atoms with Crippen LogP contribution in [0.15, 0.2) is 47.2 Å². The summed E-state index contributed by atoms with van der Waals surface area (Å²) in [6, 6.07) is 9.54. The molecular formula is C14H12BrN5. The topological polar surface area (TPSA) is 76.7 Å². The molecule has 0 amide bonds. The monoisotopic (exact) mass is 329 g/mol. The van der Waals surface area contributed by atoms with E-state index < -0.39 is 0 Å². The molecule has 5 nitrogen and oxygen atoms in total. The van der Waals surface area contributed by atoms with Crippen LogP contribution in [0.5, 0.6) is 0 Å². The number of rotatable bonds is 3. The molecule has 0 aliphatic carbocycles. The van der Waals surface area contributed by atoms with Gasteiger partial charge in [0.15, 0.2) is 0 Å². The van der Waals surface area contributed by atoms with E-state index >= 15 is 0 Å². The van der Waals surface area contributed by atoms with E-state index in [1.165, 1.54) is 0 Å². The maximum absolute atomic E-state index is 5.99. The molecular weight excluding hydrogens is 318 g/mol. The minimum Gasteiger partial charge on any atom is -0.398 e. The number of nitrogens with zero attached hydrogens (tertiary/aromatic N) is 3. The number of benzene rings is 1. The lowest BCUT2D eigenvalue weighted by atomic mass is 10.1. The third-order valence-corrected chi connectivity index (χ3v) is 3.37. The molecule has 2 aromatic heterocycles. The van der Waals surface area contributed by atoms with Gasteiger partial charge in [-0.1, -0.05) is 0 Å².